The standard InChI is InChI=1S/C19H25FN4O2/c1-13(22-14-9-10-14)17-12-15(6-5-11-21-19(25)26-2)24(23-17)18-8-4-3-7-16(18)20/h3-4,7-8,12-14,22H,5-6,9-11H2,1-2H3,(H,21,25)/t13-/m1/s1. The molecule has 7 heteroatoms. The van der Waals surface area contributed by atoms with Crippen molar-refractivity contribution < 1.29 is 13.9 Å². The fourth-order valence-corrected chi connectivity index (χ4v) is 2.88. The maximum Gasteiger partial charge on any atom is 0.406 e. The Kier molecular flexibility index (Phi) is 5.88. The van der Waals surface area contributed by atoms with Crippen molar-refractivity contribution in [1.82, 2.24) is 20.4 Å². The van der Waals surface area contributed by atoms with Crippen LogP contribution in [0.2, 0.25) is 0 Å². The molecule has 0 spiro atoms. The molecule has 1 amide bonds. The van der Waals surface area contributed by atoms with Crippen LogP contribution in [0.25, 0.3) is 5.69 Å². The van der Waals surface area contributed by atoms with Gasteiger partial charge in [0.1, 0.15) is 11.5 Å². The first kappa shape index (κ1) is 18.4. The number of amides is 1. The molecule has 1 saturated carbocycles. The Bertz CT molecular complexity index is 758. The summed E-state index contributed by atoms with van der Waals surface area (Å²) in [4.78, 5) is 11.1. The van der Waals surface area contributed by atoms with E-state index in [1.165, 1.54) is 26.0 Å². The Labute approximate surface area is 152 Å². The summed E-state index contributed by atoms with van der Waals surface area (Å²) in [6, 6.07) is 9.32. The van der Waals surface area contributed by atoms with Gasteiger partial charge in [0.2, 0.25) is 0 Å². The predicted molar refractivity (Wildman–Crippen MR) is 96.8 cm³/mol. The molecule has 3 rings (SSSR count). The quantitative estimate of drug-likeness (QED) is 0.710. The number of methoxy groups -OCH3 is 1. The van der Waals surface area contributed by atoms with Crippen LogP contribution in [0.3, 0.4) is 0 Å². The third kappa shape index (κ3) is 4.60. The minimum absolute atomic E-state index is 0.113. The van der Waals surface area contributed by atoms with E-state index in [9.17, 15) is 9.18 Å². The highest BCUT2D eigenvalue weighted by Crippen LogP contribution is 2.25. The summed E-state index contributed by atoms with van der Waals surface area (Å²) in [5, 5.41) is 10.8. The van der Waals surface area contributed by atoms with E-state index in [4.69, 9.17) is 0 Å². The van der Waals surface area contributed by atoms with Crippen LogP contribution in [-0.2, 0) is 11.2 Å². The molecule has 140 valence electrons. The summed E-state index contributed by atoms with van der Waals surface area (Å²) in [6.07, 6.45) is 3.32. The third-order valence-electron chi connectivity index (χ3n) is 4.45. The van der Waals surface area contributed by atoms with Gasteiger partial charge in [0.05, 0.1) is 12.8 Å². The summed E-state index contributed by atoms with van der Waals surface area (Å²) in [7, 11) is 1.34. The van der Waals surface area contributed by atoms with E-state index >= 15 is 0 Å². The van der Waals surface area contributed by atoms with Crippen LogP contribution in [0.15, 0.2) is 30.3 Å². The van der Waals surface area contributed by atoms with E-state index in [0.717, 1.165) is 11.4 Å². The molecule has 6 nitrogen and oxygen atoms in total. The van der Waals surface area contributed by atoms with Crippen LogP contribution < -0.4 is 10.6 Å². The van der Waals surface area contributed by atoms with Gasteiger partial charge in [-0.15, -0.1) is 0 Å². The molecule has 1 aliphatic rings. The second kappa shape index (κ2) is 8.31. The van der Waals surface area contributed by atoms with E-state index in [2.05, 4.69) is 27.4 Å². The lowest BCUT2D eigenvalue weighted by atomic mass is 10.1. The number of hydrogen-bond acceptors (Lipinski definition) is 4. The average Bonchev–Trinajstić information content (AvgIpc) is 3.35. The van der Waals surface area contributed by atoms with Gasteiger partial charge in [-0.1, -0.05) is 12.1 Å². The zero-order valence-electron chi connectivity index (χ0n) is 15.2. The number of rotatable bonds is 8. The monoisotopic (exact) mass is 360 g/mol. The van der Waals surface area contributed by atoms with Gasteiger partial charge in [-0.05, 0) is 50.8 Å². The Morgan fingerprint density at radius 3 is 2.88 bits per heavy atom. The maximum absolute atomic E-state index is 14.3. The molecule has 1 fully saturated rings. The van der Waals surface area contributed by atoms with Gasteiger partial charge in [0, 0.05) is 24.3 Å². The molecule has 0 bridgehead atoms. The van der Waals surface area contributed by atoms with Gasteiger partial charge in [-0.25, -0.2) is 13.9 Å². The maximum atomic E-state index is 14.3. The van der Waals surface area contributed by atoms with Crippen LogP contribution in [-0.4, -0.2) is 35.6 Å². The number of hydrogen-bond donors (Lipinski definition) is 2. The van der Waals surface area contributed by atoms with Gasteiger partial charge in [-0.3, -0.25) is 0 Å². The van der Waals surface area contributed by atoms with Crippen LogP contribution >= 0.6 is 0 Å². The van der Waals surface area contributed by atoms with E-state index in [0.29, 0.717) is 31.1 Å². The number of nitrogens with one attached hydrogen (secondary N) is 2. The fourth-order valence-electron chi connectivity index (χ4n) is 2.88. The van der Waals surface area contributed by atoms with Crippen molar-refractivity contribution in [1.29, 1.82) is 0 Å². The summed E-state index contributed by atoms with van der Waals surface area (Å²) in [5.74, 6) is -0.307. The second-order valence-corrected chi connectivity index (χ2v) is 6.61. The lowest BCUT2D eigenvalue weighted by Gasteiger charge is -2.10. The van der Waals surface area contributed by atoms with Crippen molar-refractivity contribution >= 4 is 6.09 Å². The molecule has 1 aliphatic carbocycles. The van der Waals surface area contributed by atoms with E-state index < -0.39 is 6.09 Å². The Hall–Kier alpha value is -2.41. The minimum atomic E-state index is -0.449. The number of nitrogens with zero attached hydrogens (tertiary/aromatic N) is 2. The molecule has 0 saturated heterocycles. The lowest BCUT2D eigenvalue weighted by molar-refractivity contribution is 0.171. The van der Waals surface area contributed by atoms with Gasteiger partial charge >= 0.3 is 6.09 Å². The third-order valence-corrected chi connectivity index (χ3v) is 4.45. The zero-order chi connectivity index (χ0) is 18.5. The van der Waals surface area contributed by atoms with Crippen molar-refractivity contribution in [2.75, 3.05) is 13.7 Å². The summed E-state index contributed by atoms with van der Waals surface area (Å²) in [5.41, 5.74) is 2.26. The number of aryl methyl sites for hydroxylation is 1. The van der Waals surface area contributed by atoms with Crippen molar-refractivity contribution in [2.45, 2.75) is 44.7 Å². The number of benzene rings is 1. The number of aromatic nitrogens is 2. The molecular formula is C19H25FN4O2. The van der Waals surface area contributed by atoms with Crippen LogP contribution in [0.1, 0.15) is 43.6 Å². The van der Waals surface area contributed by atoms with Crippen LogP contribution in [0.4, 0.5) is 9.18 Å². The fraction of sp³-hybridized carbons (Fsp3) is 0.474. The van der Waals surface area contributed by atoms with Crippen molar-refractivity contribution in [3.05, 3.63) is 47.5 Å². The lowest BCUT2D eigenvalue weighted by Crippen LogP contribution is -2.24. The number of para-hydroxylation sites is 1. The van der Waals surface area contributed by atoms with Gasteiger partial charge in [-0.2, -0.15) is 5.10 Å². The Balaban J connectivity index is 1.77. The number of carbonyl (C=O) groups excluding carboxylic acids is 1. The van der Waals surface area contributed by atoms with E-state index in [1.54, 1.807) is 22.9 Å². The molecule has 0 radical (unpaired) electrons. The van der Waals surface area contributed by atoms with Gasteiger partial charge in [0.15, 0.2) is 0 Å². The smallest absolute Gasteiger partial charge is 0.406 e. The molecular weight excluding hydrogens is 335 g/mol. The van der Waals surface area contributed by atoms with Gasteiger partial charge < -0.3 is 15.4 Å². The first-order chi connectivity index (χ1) is 12.6. The molecule has 1 aromatic heterocycles. The molecule has 26 heavy (non-hydrogen) atoms. The molecule has 2 aromatic rings. The van der Waals surface area contributed by atoms with E-state index in [-0.39, 0.29) is 11.9 Å². The number of alkyl carbamates (subject to hydrolysis) is 1. The summed E-state index contributed by atoms with van der Waals surface area (Å²) < 4.78 is 20.5. The predicted octanol–water partition coefficient (Wildman–Crippen LogP) is 3.11. The van der Waals surface area contributed by atoms with Crippen molar-refractivity contribution in [3.63, 3.8) is 0 Å². The van der Waals surface area contributed by atoms with E-state index in [1.807, 2.05) is 6.07 Å². The highest BCUT2D eigenvalue weighted by atomic mass is 19.1. The molecule has 1 atom stereocenters. The second-order valence-electron chi connectivity index (χ2n) is 6.61. The highest BCUT2D eigenvalue weighted by molar-refractivity contribution is 5.66. The zero-order valence-corrected chi connectivity index (χ0v) is 15.2. The topological polar surface area (TPSA) is 68.2 Å². The summed E-state index contributed by atoms with van der Waals surface area (Å²) >= 11 is 0. The Morgan fingerprint density at radius 2 is 2.19 bits per heavy atom. The summed E-state index contributed by atoms with van der Waals surface area (Å²) in [6.45, 7) is 2.56. The first-order valence-corrected chi connectivity index (χ1v) is 9.00. The SMILES string of the molecule is COC(=O)NCCCc1cc([C@@H](C)NC2CC2)nn1-c1ccccc1F. The Morgan fingerprint density at radius 1 is 1.42 bits per heavy atom. The molecule has 1 aromatic carbocycles. The average molecular weight is 360 g/mol. The molecule has 2 N–H and O–H groups in total. The molecule has 0 unspecified atom stereocenters. The van der Waals surface area contributed by atoms with Gasteiger partial charge in [0.25, 0.3) is 0 Å². The normalized spacial score (nSPS) is 14.9. The minimum Gasteiger partial charge on any atom is -0.453 e. The largest absolute Gasteiger partial charge is 0.453 e. The number of carbonyl (C=O) groups is 1. The first-order valence-electron chi connectivity index (χ1n) is 9.00. The van der Waals surface area contributed by atoms with Crippen molar-refractivity contribution in [3.8, 4) is 5.69 Å². The van der Waals surface area contributed by atoms with Crippen LogP contribution in [0, 0.1) is 5.82 Å². The van der Waals surface area contributed by atoms with Crippen LogP contribution in [0.5, 0.6) is 0 Å². The number of halogens is 1. The highest BCUT2D eigenvalue weighted by Gasteiger charge is 2.25. The molecule has 1 heterocycles. The number of ether oxygens (including phenoxy) is 1. The van der Waals surface area contributed by atoms with Crippen molar-refractivity contribution in [2.24, 2.45) is 0 Å². The molecule has 0 aliphatic heterocycles.